The van der Waals surface area contributed by atoms with Crippen LogP contribution >= 0.6 is 11.8 Å². The topological polar surface area (TPSA) is 78.0 Å². The first-order valence-corrected chi connectivity index (χ1v) is 12.6. The van der Waals surface area contributed by atoms with Gasteiger partial charge in [0.2, 0.25) is 0 Å². The fourth-order valence-corrected chi connectivity index (χ4v) is 4.62. The van der Waals surface area contributed by atoms with Gasteiger partial charge in [-0.05, 0) is 55.5 Å². The highest BCUT2D eigenvalue weighted by Crippen LogP contribution is 2.24. The number of hydrogen-bond donors (Lipinski definition) is 0. The van der Waals surface area contributed by atoms with Crippen LogP contribution in [0.1, 0.15) is 11.4 Å². The van der Waals surface area contributed by atoms with Gasteiger partial charge in [0.1, 0.15) is 17.3 Å². The van der Waals surface area contributed by atoms with Crippen LogP contribution < -0.4 is 0 Å². The molecule has 184 valence electrons. The van der Waals surface area contributed by atoms with Crippen LogP contribution in [0.5, 0.6) is 0 Å². The SMILES string of the molecule is Cc1nnc(SCC(=O)CN=Cc2cn(-c3ccccc3)nc2-c2ccc(F)cc2)n1-c1ccccc1. The lowest BCUT2D eigenvalue weighted by Crippen LogP contribution is -2.07. The highest BCUT2D eigenvalue weighted by molar-refractivity contribution is 7.99. The number of carbonyl (C=O) groups is 1. The number of thioether (sulfide) groups is 1. The number of ketones is 1. The number of para-hydroxylation sites is 2. The smallest absolute Gasteiger partial charge is 0.196 e. The molecule has 0 amide bonds. The molecule has 0 saturated heterocycles. The Bertz CT molecular complexity index is 1530. The molecule has 9 heteroatoms. The predicted octanol–water partition coefficient (Wildman–Crippen LogP) is 5.35. The van der Waals surface area contributed by atoms with E-state index in [2.05, 4.69) is 15.2 Å². The summed E-state index contributed by atoms with van der Waals surface area (Å²) in [4.78, 5) is 17.0. The van der Waals surface area contributed by atoms with Crippen LogP contribution in [-0.4, -0.2) is 48.8 Å². The minimum Gasteiger partial charge on any atom is -0.297 e. The minimum absolute atomic E-state index is 0.0187. The molecule has 0 aliphatic carbocycles. The van der Waals surface area contributed by atoms with Crippen molar-refractivity contribution >= 4 is 23.8 Å². The van der Waals surface area contributed by atoms with Crippen LogP contribution in [0.4, 0.5) is 4.39 Å². The van der Waals surface area contributed by atoms with E-state index in [0.29, 0.717) is 10.9 Å². The molecular formula is C28H23FN6OS. The van der Waals surface area contributed by atoms with Gasteiger partial charge >= 0.3 is 0 Å². The summed E-state index contributed by atoms with van der Waals surface area (Å²) in [5.74, 6) is 0.613. The third kappa shape index (κ3) is 5.73. The first-order valence-electron chi connectivity index (χ1n) is 11.6. The summed E-state index contributed by atoms with van der Waals surface area (Å²) in [6.45, 7) is 1.90. The van der Waals surface area contributed by atoms with E-state index in [-0.39, 0.29) is 23.9 Å². The lowest BCUT2D eigenvalue weighted by Gasteiger charge is -2.07. The largest absolute Gasteiger partial charge is 0.297 e. The van der Waals surface area contributed by atoms with Gasteiger partial charge in [0.25, 0.3) is 0 Å². The third-order valence-electron chi connectivity index (χ3n) is 5.55. The van der Waals surface area contributed by atoms with Gasteiger partial charge in [-0.1, -0.05) is 48.2 Å². The molecule has 2 heterocycles. The van der Waals surface area contributed by atoms with Crippen LogP contribution in [0, 0.1) is 12.7 Å². The zero-order valence-corrected chi connectivity index (χ0v) is 20.8. The van der Waals surface area contributed by atoms with Crippen molar-refractivity contribution in [2.24, 2.45) is 4.99 Å². The maximum Gasteiger partial charge on any atom is 0.196 e. The standard InChI is InChI=1S/C28H23FN6OS/c1-20-31-32-28(35(20)25-10-6-3-7-11-25)37-19-26(36)17-30-16-22-18-34(24-8-4-2-5-9-24)33-27(22)21-12-14-23(29)15-13-21/h2-16,18H,17,19H2,1H3. The number of halogens is 1. The van der Waals surface area contributed by atoms with Gasteiger partial charge in [0, 0.05) is 29.2 Å². The minimum atomic E-state index is -0.317. The Kier molecular flexibility index (Phi) is 7.32. The van der Waals surface area contributed by atoms with E-state index < -0.39 is 0 Å². The molecule has 5 aromatic rings. The average Bonchev–Trinajstić information content (AvgIpc) is 3.52. The van der Waals surface area contributed by atoms with Gasteiger partial charge in [-0.15, -0.1) is 10.2 Å². The van der Waals surface area contributed by atoms with Crippen LogP contribution in [0.2, 0.25) is 0 Å². The molecule has 0 atom stereocenters. The zero-order valence-electron chi connectivity index (χ0n) is 20.0. The number of benzene rings is 3. The van der Waals surface area contributed by atoms with Crippen LogP contribution in [0.15, 0.2) is 101 Å². The molecule has 37 heavy (non-hydrogen) atoms. The van der Waals surface area contributed by atoms with Gasteiger partial charge in [-0.25, -0.2) is 9.07 Å². The molecule has 0 aliphatic heterocycles. The van der Waals surface area contributed by atoms with Crippen LogP contribution in [0.3, 0.4) is 0 Å². The molecule has 2 aromatic heterocycles. The number of carbonyl (C=O) groups excluding carboxylic acids is 1. The Labute approximate surface area is 217 Å². The van der Waals surface area contributed by atoms with Crippen molar-refractivity contribution in [3.8, 4) is 22.6 Å². The van der Waals surface area contributed by atoms with Crippen molar-refractivity contribution in [2.75, 3.05) is 12.3 Å². The first-order chi connectivity index (χ1) is 18.1. The molecule has 0 unspecified atom stereocenters. The fraction of sp³-hybridized carbons (Fsp3) is 0.107. The molecule has 0 radical (unpaired) electrons. The lowest BCUT2D eigenvalue weighted by atomic mass is 10.1. The normalized spacial score (nSPS) is 11.3. The quantitative estimate of drug-likeness (QED) is 0.197. The van der Waals surface area contributed by atoms with Crippen molar-refractivity contribution in [3.63, 3.8) is 0 Å². The molecule has 0 bridgehead atoms. The maximum absolute atomic E-state index is 13.5. The highest BCUT2D eigenvalue weighted by Gasteiger charge is 2.14. The van der Waals surface area contributed by atoms with Gasteiger partial charge < -0.3 is 0 Å². The molecule has 0 spiro atoms. The number of aromatic nitrogens is 5. The molecule has 0 saturated carbocycles. The van der Waals surface area contributed by atoms with Gasteiger partial charge in [-0.2, -0.15) is 5.10 Å². The fourth-order valence-electron chi connectivity index (χ4n) is 3.77. The first kappa shape index (κ1) is 24.3. The number of aliphatic imine (C=N–C) groups is 1. The summed E-state index contributed by atoms with van der Waals surface area (Å²) in [5.41, 5.74) is 3.98. The van der Waals surface area contributed by atoms with Crippen molar-refractivity contribution in [2.45, 2.75) is 12.1 Å². The van der Waals surface area contributed by atoms with E-state index >= 15 is 0 Å². The second kappa shape index (κ2) is 11.1. The maximum atomic E-state index is 13.5. The number of Topliss-reactive ketones (excluding diaryl/α,β-unsaturated/α-hetero) is 1. The van der Waals surface area contributed by atoms with Crippen molar-refractivity contribution in [1.29, 1.82) is 0 Å². The van der Waals surface area contributed by atoms with E-state index in [4.69, 9.17) is 5.10 Å². The average molecular weight is 511 g/mol. The van der Waals surface area contributed by atoms with Crippen molar-refractivity contribution < 1.29 is 9.18 Å². The summed E-state index contributed by atoms with van der Waals surface area (Å²) < 4.78 is 17.2. The van der Waals surface area contributed by atoms with Crippen LogP contribution in [-0.2, 0) is 4.79 Å². The Morgan fingerprint density at radius 2 is 1.62 bits per heavy atom. The highest BCUT2D eigenvalue weighted by atomic mass is 32.2. The lowest BCUT2D eigenvalue weighted by molar-refractivity contribution is -0.115. The Morgan fingerprint density at radius 1 is 0.946 bits per heavy atom. The number of hydrogen-bond acceptors (Lipinski definition) is 6. The second-order valence-corrected chi connectivity index (χ2v) is 9.16. The zero-order chi connectivity index (χ0) is 25.6. The van der Waals surface area contributed by atoms with E-state index in [1.807, 2.05) is 78.4 Å². The van der Waals surface area contributed by atoms with Crippen LogP contribution in [0.25, 0.3) is 22.6 Å². The Morgan fingerprint density at radius 3 is 2.32 bits per heavy atom. The summed E-state index contributed by atoms with van der Waals surface area (Å²) in [7, 11) is 0. The molecule has 0 fully saturated rings. The Balaban J connectivity index is 1.30. The number of aryl methyl sites for hydroxylation is 1. The van der Waals surface area contributed by atoms with Crippen molar-refractivity contribution in [3.05, 3.63) is 108 Å². The molecular weight excluding hydrogens is 487 g/mol. The summed E-state index contributed by atoms with van der Waals surface area (Å²) in [5, 5.41) is 13.7. The molecule has 0 aliphatic rings. The van der Waals surface area contributed by atoms with Gasteiger partial charge in [0.05, 0.1) is 18.0 Å². The Hall–Kier alpha value is -4.37. The monoisotopic (exact) mass is 510 g/mol. The predicted molar refractivity (Wildman–Crippen MR) is 143 cm³/mol. The molecule has 7 nitrogen and oxygen atoms in total. The second-order valence-electron chi connectivity index (χ2n) is 8.22. The van der Waals surface area contributed by atoms with E-state index in [1.165, 1.54) is 23.9 Å². The summed E-state index contributed by atoms with van der Waals surface area (Å²) >= 11 is 1.33. The van der Waals surface area contributed by atoms with Gasteiger partial charge in [0.15, 0.2) is 10.9 Å². The summed E-state index contributed by atoms with van der Waals surface area (Å²) in [6.07, 6.45) is 3.49. The van der Waals surface area contributed by atoms with E-state index in [9.17, 15) is 9.18 Å². The third-order valence-corrected chi connectivity index (χ3v) is 6.54. The molecule has 0 N–H and O–H groups in total. The molecule has 3 aromatic carbocycles. The van der Waals surface area contributed by atoms with Gasteiger partial charge in [-0.3, -0.25) is 14.4 Å². The molecule has 5 rings (SSSR count). The van der Waals surface area contributed by atoms with E-state index in [0.717, 1.165) is 28.3 Å². The summed E-state index contributed by atoms with van der Waals surface area (Å²) in [6, 6.07) is 25.6. The van der Waals surface area contributed by atoms with E-state index in [1.54, 1.807) is 23.0 Å². The van der Waals surface area contributed by atoms with Crippen molar-refractivity contribution in [1.82, 2.24) is 24.5 Å². The number of rotatable bonds is 9. The number of nitrogens with zero attached hydrogens (tertiary/aromatic N) is 6.